The third-order valence-corrected chi connectivity index (χ3v) is 0. The highest BCUT2D eigenvalue weighted by atomic mass is 14.9. The van der Waals surface area contributed by atoms with Crippen molar-refractivity contribution in [1.29, 1.82) is 5.41 Å². The smallest absolute Gasteiger partial charge is 0.00324 e. The largest absolute Gasteiger partial charge is 0.454 e. The zero-order valence-electron chi connectivity index (χ0n) is 2.08. The Balaban J connectivity index is 2.80. The Bertz CT molecular complexity index is 26.3. The highest BCUT2D eigenvalue weighted by Gasteiger charge is 1.38. The van der Waals surface area contributed by atoms with E-state index in [9.17, 15) is 0 Å². The molecule has 0 aliphatic carbocycles. The minimum Gasteiger partial charge on any atom is -0.454 e. The van der Waals surface area contributed by atoms with Crippen LogP contribution < -0.4 is 5.73 Å². The van der Waals surface area contributed by atoms with E-state index in [0.29, 0.717) is 0 Å². The molecule has 0 unspecified atom stereocenters. The lowest BCUT2D eigenvalue weighted by atomic mass is 11.1. The Kier molecular flexibility index (Phi) is 0.581. The summed E-state index contributed by atoms with van der Waals surface area (Å²) in [5.41, 5.74) is 10.3. The second-order valence-corrected chi connectivity index (χ2v) is 0.414. The molecular formula is CH4N3-. The lowest BCUT2D eigenvalue weighted by molar-refractivity contribution is 1.47. The number of guanidine groups is 1. The van der Waals surface area contributed by atoms with E-state index in [-0.39, 0.29) is 0 Å². The summed E-state index contributed by atoms with van der Waals surface area (Å²) in [5.74, 6) is -0.583. The monoisotopic (exact) mass is 58.0 g/mol. The molecule has 0 rings (SSSR count). The molecule has 0 heterocycles. The van der Waals surface area contributed by atoms with Gasteiger partial charge in [-0.25, -0.2) is 0 Å². The molecule has 3 heteroatoms. The van der Waals surface area contributed by atoms with E-state index in [1.807, 2.05) is 0 Å². The number of nitrogens with one attached hydrogen (secondary N) is 2. The van der Waals surface area contributed by atoms with Crippen molar-refractivity contribution in [3.8, 4) is 0 Å². The van der Waals surface area contributed by atoms with Crippen molar-refractivity contribution in [1.82, 2.24) is 0 Å². The lowest BCUT2D eigenvalue weighted by Gasteiger charge is -1.81. The van der Waals surface area contributed by atoms with Crippen LogP contribution in [0.2, 0.25) is 0 Å². The Hall–Kier alpha value is -0.730. The van der Waals surface area contributed by atoms with Crippen LogP contribution in [0.1, 0.15) is 0 Å². The molecule has 0 amide bonds. The number of hydrogen-bond donors (Lipinski definition) is 2. The van der Waals surface area contributed by atoms with Crippen LogP contribution in [0.5, 0.6) is 0 Å². The fourth-order valence-electron chi connectivity index (χ4n) is 0. The molecule has 4 N–H and O–H groups in total. The zero-order chi connectivity index (χ0) is 3.58. The molecule has 0 radical (unpaired) electrons. The van der Waals surface area contributed by atoms with Gasteiger partial charge in [0.25, 0.3) is 0 Å². The van der Waals surface area contributed by atoms with Crippen LogP contribution in [-0.2, 0) is 0 Å². The summed E-state index contributed by atoms with van der Waals surface area (Å²) < 4.78 is 0. The third kappa shape index (κ3) is 0.174. The summed E-state index contributed by atoms with van der Waals surface area (Å²) in [7, 11) is 0. The SMILES string of the molecule is N=C([NH-])N. The van der Waals surface area contributed by atoms with E-state index < -0.39 is 5.96 Å². The summed E-state index contributed by atoms with van der Waals surface area (Å²) in [4.78, 5) is 0. The van der Waals surface area contributed by atoms with Crippen molar-refractivity contribution in [3.05, 3.63) is 5.73 Å². The van der Waals surface area contributed by atoms with Gasteiger partial charge in [-0.2, -0.15) is 0 Å². The van der Waals surface area contributed by atoms with Gasteiger partial charge in [0.2, 0.25) is 0 Å². The molecule has 0 aromatic carbocycles. The first kappa shape index (κ1) is 3.27. The van der Waals surface area contributed by atoms with Crippen LogP contribution in [0.4, 0.5) is 0 Å². The summed E-state index contributed by atoms with van der Waals surface area (Å²) in [6.45, 7) is 0. The number of hydrogen-bond acceptors (Lipinski definition) is 1. The van der Waals surface area contributed by atoms with E-state index in [2.05, 4.69) is 5.73 Å². The standard InChI is InChI=1S/CH4N3/c2-1(3)4/h(H4-,2,3,4)/q-1. The molecule has 0 aliphatic rings. The van der Waals surface area contributed by atoms with Crippen LogP contribution in [0.3, 0.4) is 0 Å². The van der Waals surface area contributed by atoms with Gasteiger partial charge in [0.15, 0.2) is 0 Å². The zero-order valence-corrected chi connectivity index (χ0v) is 2.08. The first-order valence-electron chi connectivity index (χ1n) is 0.789. The molecule has 0 bridgehead atoms. The maximum absolute atomic E-state index is 5.94. The minimum atomic E-state index is -0.583. The third-order valence-electron chi connectivity index (χ3n) is 0. The average Bonchev–Trinajstić information content (AvgIpc) is 0.811. The van der Waals surface area contributed by atoms with Crippen molar-refractivity contribution < 1.29 is 0 Å². The molecule has 0 fully saturated rings. The van der Waals surface area contributed by atoms with Gasteiger partial charge in [-0.15, -0.1) is 0 Å². The van der Waals surface area contributed by atoms with Crippen LogP contribution in [0.25, 0.3) is 5.73 Å². The van der Waals surface area contributed by atoms with E-state index in [1.165, 1.54) is 0 Å². The van der Waals surface area contributed by atoms with Crippen LogP contribution in [-0.4, -0.2) is 5.96 Å². The van der Waals surface area contributed by atoms with Gasteiger partial charge >= 0.3 is 0 Å². The molecule has 0 aromatic rings. The van der Waals surface area contributed by atoms with Gasteiger partial charge in [0, 0.05) is 0 Å². The molecule has 0 saturated carbocycles. The summed E-state index contributed by atoms with van der Waals surface area (Å²) in [5, 5.41) is 5.94. The summed E-state index contributed by atoms with van der Waals surface area (Å²) in [6.07, 6.45) is 0. The van der Waals surface area contributed by atoms with Crippen LogP contribution in [0.15, 0.2) is 0 Å². The number of rotatable bonds is 0. The van der Waals surface area contributed by atoms with Crippen molar-refractivity contribution in [2.75, 3.05) is 0 Å². The fourth-order valence-corrected chi connectivity index (χ4v) is 0. The Morgan fingerprint density at radius 2 is 2.00 bits per heavy atom. The molecular weight excluding hydrogens is 54.0 g/mol. The molecule has 24 valence electrons. The second-order valence-electron chi connectivity index (χ2n) is 0.414. The highest BCUT2D eigenvalue weighted by molar-refractivity contribution is 5.82. The van der Waals surface area contributed by atoms with E-state index in [1.54, 1.807) is 0 Å². The average molecular weight is 58.1 g/mol. The Morgan fingerprint density at radius 3 is 2.00 bits per heavy atom. The lowest BCUT2D eigenvalue weighted by Crippen LogP contribution is -1.99. The molecule has 0 aliphatic heterocycles. The molecule has 0 atom stereocenters. The first-order valence-corrected chi connectivity index (χ1v) is 0.789. The predicted molar refractivity (Wildman–Crippen MR) is 16.2 cm³/mol. The second kappa shape index (κ2) is 0.711. The van der Waals surface area contributed by atoms with Gasteiger partial charge in [-0.3, -0.25) is 0 Å². The Labute approximate surface area is 24.1 Å². The quantitative estimate of drug-likeness (QED) is 0.297. The molecule has 0 saturated heterocycles. The normalized spacial score (nSPS) is 6.00. The van der Waals surface area contributed by atoms with Gasteiger partial charge in [-0.05, 0) is 5.96 Å². The maximum Gasteiger partial charge on any atom is -0.00324 e. The van der Waals surface area contributed by atoms with Crippen molar-refractivity contribution in [3.63, 3.8) is 0 Å². The van der Waals surface area contributed by atoms with Gasteiger partial charge in [0.05, 0.1) is 0 Å². The van der Waals surface area contributed by atoms with Crippen LogP contribution >= 0.6 is 0 Å². The van der Waals surface area contributed by atoms with Gasteiger partial charge in [-0.1, -0.05) is 0 Å². The van der Waals surface area contributed by atoms with Crippen LogP contribution in [0, 0.1) is 5.41 Å². The first-order chi connectivity index (χ1) is 1.73. The van der Waals surface area contributed by atoms with E-state index >= 15 is 0 Å². The van der Waals surface area contributed by atoms with Gasteiger partial charge < -0.3 is 16.9 Å². The molecule has 3 nitrogen and oxygen atoms in total. The molecule has 4 heavy (non-hydrogen) atoms. The predicted octanol–water partition coefficient (Wildman–Crippen LogP) is -0.0679. The Morgan fingerprint density at radius 1 is 2.00 bits per heavy atom. The van der Waals surface area contributed by atoms with Crippen molar-refractivity contribution >= 4 is 5.96 Å². The summed E-state index contributed by atoms with van der Waals surface area (Å²) in [6, 6.07) is 0. The van der Waals surface area contributed by atoms with E-state index in [0.717, 1.165) is 0 Å². The van der Waals surface area contributed by atoms with Crippen molar-refractivity contribution in [2.45, 2.75) is 0 Å². The van der Waals surface area contributed by atoms with Gasteiger partial charge in [0.1, 0.15) is 0 Å². The fraction of sp³-hybridized carbons (Fsp3) is 0. The molecule has 0 aromatic heterocycles. The maximum atomic E-state index is 5.94. The minimum absolute atomic E-state index is 0.583. The summed E-state index contributed by atoms with van der Waals surface area (Å²) >= 11 is 0. The van der Waals surface area contributed by atoms with Crippen molar-refractivity contribution in [2.24, 2.45) is 5.73 Å². The highest BCUT2D eigenvalue weighted by Crippen LogP contribution is 1.41. The topological polar surface area (TPSA) is 73.7 Å². The number of nitrogens with two attached hydrogens (primary N) is 1. The van der Waals surface area contributed by atoms with E-state index in [4.69, 9.17) is 11.1 Å². The molecule has 0 spiro atoms.